The quantitative estimate of drug-likeness (QED) is 0.788. The van der Waals surface area contributed by atoms with Crippen LogP contribution in [0.4, 0.5) is 4.79 Å². The summed E-state index contributed by atoms with van der Waals surface area (Å²) in [6.45, 7) is -0.134. The second kappa shape index (κ2) is 7.97. The highest BCUT2D eigenvalue weighted by atomic mass is 16.3. The molecule has 1 saturated carbocycles. The maximum atomic E-state index is 12.4. The van der Waals surface area contributed by atoms with Crippen molar-refractivity contribution in [2.24, 2.45) is 0 Å². The molecular formula is C18H24N4O2. The molecule has 1 heterocycles. The Bertz CT molecular complexity index is 630. The van der Waals surface area contributed by atoms with Gasteiger partial charge in [-0.25, -0.2) is 4.79 Å². The van der Waals surface area contributed by atoms with Crippen LogP contribution in [0.3, 0.4) is 0 Å². The second-order valence-corrected chi connectivity index (χ2v) is 6.21. The third-order valence-electron chi connectivity index (χ3n) is 4.60. The smallest absolute Gasteiger partial charge is 0.315 e. The number of nitrogens with zero attached hydrogens (tertiary/aromatic N) is 2. The lowest BCUT2D eigenvalue weighted by molar-refractivity contribution is 0.199. The van der Waals surface area contributed by atoms with Crippen molar-refractivity contribution in [3.05, 3.63) is 54.4 Å². The number of aliphatic hydroxyl groups is 1. The van der Waals surface area contributed by atoms with E-state index in [1.54, 1.807) is 6.20 Å². The van der Waals surface area contributed by atoms with E-state index >= 15 is 0 Å². The van der Waals surface area contributed by atoms with E-state index in [0.29, 0.717) is 0 Å². The summed E-state index contributed by atoms with van der Waals surface area (Å²) in [6, 6.07) is 11.0. The molecule has 1 aliphatic rings. The number of aromatic nitrogens is 2. The Balaban J connectivity index is 1.62. The van der Waals surface area contributed by atoms with Crippen molar-refractivity contribution in [3.8, 4) is 0 Å². The lowest BCUT2D eigenvalue weighted by Gasteiger charge is -2.32. The fourth-order valence-electron chi connectivity index (χ4n) is 3.36. The highest BCUT2D eigenvalue weighted by Crippen LogP contribution is 2.28. The number of urea groups is 1. The molecular weight excluding hydrogens is 304 g/mol. The maximum Gasteiger partial charge on any atom is 0.315 e. The van der Waals surface area contributed by atoms with Gasteiger partial charge >= 0.3 is 6.03 Å². The lowest BCUT2D eigenvalue weighted by atomic mass is 9.90. The number of rotatable bonds is 5. The van der Waals surface area contributed by atoms with Crippen LogP contribution in [0.1, 0.15) is 43.3 Å². The number of hydrogen-bond acceptors (Lipinski definition) is 3. The highest BCUT2D eigenvalue weighted by molar-refractivity contribution is 5.74. The highest BCUT2D eigenvalue weighted by Gasteiger charge is 2.28. The maximum absolute atomic E-state index is 12.4. The van der Waals surface area contributed by atoms with Crippen LogP contribution in [-0.4, -0.2) is 33.6 Å². The van der Waals surface area contributed by atoms with Crippen molar-refractivity contribution >= 4 is 6.03 Å². The van der Waals surface area contributed by atoms with Crippen molar-refractivity contribution < 1.29 is 9.90 Å². The Kier molecular flexibility index (Phi) is 5.48. The fraction of sp³-hybridized carbons (Fsp3) is 0.444. The summed E-state index contributed by atoms with van der Waals surface area (Å²) in [4.78, 5) is 12.4. The van der Waals surface area contributed by atoms with E-state index in [1.165, 1.54) is 0 Å². The molecule has 0 radical (unpaired) electrons. The Morgan fingerprint density at radius 1 is 1.25 bits per heavy atom. The molecule has 1 aliphatic carbocycles. The van der Waals surface area contributed by atoms with Gasteiger partial charge in [0.1, 0.15) is 0 Å². The van der Waals surface area contributed by atoms with Gasteiger partial charge in [-0.1, -0.05) is 43.2 Å². The van der Waals surface area contributed by atoms with E-state index < -0.39 is 6.04 Å². The van der Waals surface area contributed by atoms with Gasteiger partial charge in [-0.3, -0.25) is 4.68 Å². The number of hydrogen-bond donors (Lipinski definition) is 3. The summed E-state index contributed by atoms with van der Waals surface area (Å²) in [5.41, 5.74) is 0.891. The van der Waals surface area contributed by atoms with Gasteiger partial charge in [0.2, 0.25) is 0 Å². The zero-order valence-corrected chi connectivity index (χ0v) is 13.6. The van der Waals surface area contributed by atoms with Crippen LogP contribution in [0.25, 0.3) is 0 Å². The Morgan fingerprint density at radius 2 is 2.04 bits per heavy atom. The van der Waals surface area contributed by atoms with E-state index in [0.717, 1.165) is 31.2 Å². The number of nitrogens with one attached hydrogen (secondary N) is 2. The SMILES string of the molecule is O=C(N[C@H](CO)c1ccccc1)N[C@@H]1CCCC[C@@H]1n1cccn1. The van der Waals surface area contributed by atoms with Crippen molar-refractivity contribution in [2.45, 2.75) is 43.8 Å². The first-order valence-corrected chi connectivity index (χ1v) is 8.50. The van der Waals surface area contributed by atoms with Gasteiger partial charge < -0.3 is 15.7 Å². The third kappa shape index (κ3) is 3.94. The van der Waals surface area contributed by atoms with Gasteiger partial charge in [-0.05, 0) is 24.5 Å². The Morgan fingerprint density at radius 3 is 2.75 bits per heavy atom. The minimum Gasteiger partial charge on any atom is -0.394 e. The summed E-state index contributed by atoms with van der Waals surface area (Å²) in [7, 11) is 0. The molecule has 0 spiro atoms. The topological polar surface area (TPSA) is 79.2 Å². The molecule has 6 heteroatoms. The van der Waals surface area contributed by atoms with Gasteiger partial charge in [0.05, 0.1) is 24.7 Å². The second-order valence-electron chi connectivity index (χ2n) is 6.21. The lowest BCUT2D eigenvalue weighted by Crippen LogP contribution is -2.48. The Hall–Kier alpha value is -2.34. The largest absolute Gasteiger partial charge is 0.394 e. The minimum absolute atomic E-state index is 0.0498. The van der Waals surface area contributed by atoms with Crippen molar-refractivity contribution in [1.82, 2.24) is 20.4 Å². The molecule has 3 N–H and O–H groups in total. The standard InChI is InChI=1S/C18H24N4O2/c23-13-16(14-7-2-1-3-8-14)21-18(24)20-15-9-4-5-10-17(15)22-12-6-11-19-22/h1-3,6-8,11-12,15-17,23H,4-5,9-10,13H2,(H2,20,21,24)/t15-,16-,17+/m1/s1. The molecule has 2 aromatic rings. The average molecular weight is 328 g/mol. The predicted octanol–water partition coefficient (Wildman–Crippen LogP) is 2.40. The molecule has 2 amide bonds. The predicted molar refractivity (Wildman–Crippen MR) is 91.5 cm³/mol. The summed E-state index contributed by atoms with van der Waals surface area (Å²) >= 11 is 0. The molecule has 128 valence electrons. The molecule has 24 heavy (non-hydrogen) atoms. The molecule has 1 aromatic heterocycles. The number of amides is 2. The van der Waals surface area contributed by atoms with E-state index in [-0.39, 0.29) is 24.7 Å². The molecule has 3 rings (SSSR count). The Labute approximate surface area is 141 Å². The first-order chi connectivity index (χ1) is 11.8. The number of carbonyl (C=O) groups is 1. The summed E-state index contributed by atoms with van der Waals surface area (Å²) in [5, 5.41) is 19.8. The van der Waals surface area contributed by atoms with Gasteiger partial charge in [0, 0.05) is 12.4 Å². The third-order valence-corrected chi connectivity index (χ3v) is 4.60. The number of benzene rings is 1. The molecule has 0 unspecified atom stereocenters. The summed E-state index contributed by atoms with van der Waals surface area (Å²) in [6.07, 6.45) is 7.91. The summed E-state index contributed by atoms with van der Waals surface area (Å²) in [5.74, 6) is 0. The van der Waals surface area contributed by atoms with Crippen LogP contribution in [0.2, 0.25) is 0 Å². The van der Waals surface area contributed by atoms with E-state index in [4.69, 9.17) is 0 Å². The monoisotopic (exact) mass is 328 g/mol. The van der Waals surface area contributed by atoms with Crippen LogP contribution in [-0.2, 0) is 0 Å². The van der Waals surface area contributed by atoms with Crippen LogP contribution in [0, 0.1) is 0 Å². The van der Waals surface area contributed by atoms with Gasteiger partial charge in [0.25, 0.3) is 0 Å². The van der Waals surface area contributed by atoms with Crippen LogP contribution in [0.5, 0.6) is 0 Å². The first kappa shape index (κ1) is 16.5. The average Bonchev–Trinajstić information content (AvgIpc) is 3.15. The minimum atomic E-state index is -0.405. The van der Waals surface area contributed by atoms with Gasteiger partial charge in [-0.15, -0.1) is 0 Å². The van der Waals surface area contributed by atoms with E-state index in [2.05, 4.69) is 15.7 Å². The molecule has 0 saturated heterocycles. The van der Waals surface area contributed by atoms with Crippen LogP contribution in [0.15, 0.2) is 48.8 Å². The normalized spacial score (nSPS) is 21.9. The van der Waals surface area contributed by atoms with Gasteiger partial charge in [-0.2, -0.15) is 5.10 Å². The molecule has 1 aromatic carbocycles. The molecule has 6 nitrogen and oxygen atoms in total. The number of aliphatic hydroxyl groups excluding tert-OH is 1. The fourth-order valence-corrected chi connectivity index (χ4v) is 3.36. The molecule has 0 bridgehead atoms. The molecule has 1 fully saturated rings. The van der Waals surface area contributed by atoms with Crippen LogP contribution >= 0.6 is 0 Å². The zero-order chi connectivity index (χ0) is 16.8. The van der Waals surface area contributed by atoms with Gasteiger partial charge in [0.15, 0.2) is 0 Å². The first-order valence-electron chi connectivity index (χ1n) is 8.50. The summed E-state index contributed by atoms with van der Waals surface area (Å²) < 4.78 is 1.94. The van der Waals surface area contributed by atoms with Crippen molar-refractivity contribution in [2.75, 3.05) is 6.61 Å². The van der Waals surface area contributed by atoms with Crippen molar-refractivity contribution in [1.29, 1.82) is 0 Å². The zero-order valence-electron chi connectivity index (χ0n) is 13.6. The molecule has 3 atom stereocenters. The molecule has 0 aliphatic heterocycles. The van der Waals surface area contributed by atoms with E-state index in [9.17, 15) is 9.90 Å². The van der Waals surface area contributed by atoms with E-state index in [1.807, 2.05) is 47.3 Å². The van der Waals surface area contributed by atoms with Crippen molar-refractivity contribution in [3.63, 3.8) is 0 Å². The number of carbonyl (C=O) groups excluding carboxylic acids is 1. The van der Waals surface area contributed by atoms with Crippen LogP contribution < -0.4 is 10.6 Å².